The summed E-state index contributed by atoms with van der Waals surface area (Å²) in [5.41, 5.74) is 3.81. The molecule has 6 nitrogen and oxygen atoms in total. The summed E-state index contributed by atoms with van der Waals surface area (Å²) in [4.78, 5) is 18.1. The second-order valence-corrected chi connectivity index (χ2v) is 7.21. The number of halogens is 2. The number of carboxylic acids is 1. The molecule has 0 unspecified atom stereocenters. The third kappa shape index (κ3) is 5.66. The van der Waals surface area contributed by atoms with Gasteiger partial charge in [0.1, 0.15) is 0 Å². The van der Waals surface area contributed by atoms with Gasteiger partial charge in [0.25, 0.3) is 0 Å². The Morgan fingerprint density at radius 1 is 1.20 bits per heavy atom. The van der Waals surface area contributed by atoms with E-state index >= 15 is 0 Å². The maximum absolute atomic E-state index is 12.7. The van der Waals surface area contributed by atoms with Crippen molar-refractivity contribution < 1.29 is 28.2 Å². The van der Waals surface area contributed by atoms with Crippen LogP contribution in [-0.4, -0.2) is 29.3 Å². The van der Waals surface area contributed by atoms with Crippen molar-refractivity contribution in [1.29, 1.82) is 0 Å². The van der Waals surface area contributed by atoms with E-state index in [1.165, 1.54) is 17.4 Å². The molecule has 2 aromatic carbocycles. The number of thiazole rings is 1. The first-order chi connectivity index (χ1) is 14.5. The highest BCUT2D eigenvalue weighted by Gasteiger charge is 2.17. The predicted octanol–water partition coefficient (Wildman–Crippen LogP) is 5.11. The Kier molecular flexibility index (Phi) is 7.18. The molecular formula is C21H20F2N2O4S. The number of ether oxygens (including phenoxy) is 2. The smallest absolute Gasteiger partial charge is 0.387 e. The molecule has 0 aliphatic rings. The molecule has 9 heteroatoms. The number of carboxylic acid groups (broad SMARTS) is 1. The summed E-state index contributed by atoms with van der Waals surface area (Å²) in [5.74, 6) is -0.771. The number of anilines is 2. The molecule has 0 fully saturated rings. The summed E-state index contributed by atoms with van der Waals surface area (Å²) in [5, 5.41) is 9.11. The summed E-state index contributed by atoms with van der Waals surface area (Å²) in [7, 11) is 0. The van der Waals surface area contributed by atoms with Crippen LogP contribution in [0.3, 0.4) is 0 Å². The largest absolute Gasteiger partial charge is 0.490 e. The first kappa shape index (κ1) is 21.5. The van der Waals surface area contributed by atoms with E-state index < -0.39 is 12.6 Å². The highest BCUT2D eigenvalue weighted by Crippen LogP contribution is 2.37. The van der Waals surface area contributed by atoms with Crippen LogP contribution in [0.4, 0.5) is 20.2 Å². The summed E-state index contributed by atoms with van der Waals surface area (Å²) in [6.45, 7) is -0.465. The SMILES string of the molecule is CCOc1cc(N(Cc2cncs2)c2cccc(CC(=O)O)c2)ccc1OC(F)F. The molecule has 0 spiro atoms. The molecule has 0 atom stereocenters. The standard InChI is InChI=1S/C21H20F2N2O4S/c1-2-28-19-10-16(6-7-18(19)29-21(22)23)25(12-17-11-24-13-30-17)15-5-3-4-14(8-15)9-20(26)27/h3-8,10-11,13,21H,2,9,12H2,1H3,(H,26,27). The van der Waals surface area contributed by atoms with Gasteiger partial charge in [-0.2, -0.15) is 8.78 Å². The molecule has 0 bridgehead atoms. The highest BCUT2D eigenvalue weighted by atomic mass is 32.1. The summed E-state index contributed by atoms with van der Waals surface area (Å²) >= 11 is 1.48. The van der Waals surface area contributed by atoms with Gasteiger partial charge in [-0.3, -0.25) is 9.78 Å². The number of aromatic nitrogens is 1. The molecule has 1 heterocycles. The van der Waals surface area contributed by atoms with E-state index in [2.05, 4.69) is 9.72 Å². The maximum Gasteiger partial charge on any atom is 0.387 e. The lowest BCUT2D eigenvalue weighted by Gasteiger charge is -2.26. The fraction of sp³-hybridized carbons (Fsp3) is 0.238. The van der Waals surface area contributed by atoms with Crippen LogP contribution in [-0.2, 0) is 17.8 Å². The fourth-order valence-corrected chi connectivity index (χ4v) is 3.53. The average Bonchev–Trinajstić information content (AvgIpc) is 3.20. The molecule has 0 saturated carbocycles. The first-order valence-electron chi connectivity index (χ1n) is 9.13. The monoisotopic (exact) mass is 434 g/mol. The van der Waals surface area contributed by atoms with Crippen molar-refractivity contribution in [3.05, 3.63) is 64.6 Å². The Balaban J connectivity index is 2.02. The van der Waals surface area contributed by atoms with Crippen molar-refractivity contribution in [2.45, 2.75) is 26.5 Å². The van der Waals surface area contributed by atoms with Crippen LogP contribution in [0.5, 0.6) is 11.5 Å². The number of benzene rings is 2. The number of nitrogens with zero attached hydrogens (tertiary/aromatic N) is 2. The minimum absolute atomic E-state index is 0.0482. The van der Waals surface area contributed by atoms with Crippen LogP contribution in [0.25, 0.3) is 0 Å². The topological polar surface area (TPSA) is 71.9 Å². The van der Waals surface area contributed by atoms with E-state index in [4.69, 9.17) is 9.84 Å². The van der Waals surface area contributed by atoms with Crippen LogP contribution < -0.4 is 14.4 Å². The van der Waals surface area contributed by atoms with Gasteiger partial charge >= 0.3 is 12.6 Å². The van der Waals surface area contributed by atoms with Crippen molar-refractivity contribution in [3.63, 3.8) is 0 Å². The zero-order valence-corrected chi connectivity index (χ0v) is 16.9. The minimum Gasteiger partial charge on any atom is -0.490 e. The van der Waals surface area contributed by atoms with Gasteiger partial charge in [-0.1, -0.05) is 12.1 Å². The Labute approximate surface area is 176 Å². The lowest BCUT2D eigenvalue weighted by atomic mass is 10.1. The van der Waals surface area contributed by atoms with Gasteiger partial charge < -0.3 is 19.5 Å². The van der Waals surface area contributed by atoms with E-state index in [0.717, 1.165) is 10.6 Å². The van der Waals surface area contributed by atoms with Crippen LogP contribution in [0, 0.1) is 0 Å². The Morgan fingerprint density at radius 2 is 2.00 bits per heavy atom. The Bertz CT molecular complexity index is 983. The van der Waals surface area contributed by atoms with Crippen LogP contribution in [0.1, 0.15) is 17.4 Å². The van der Waals surface area contributed by atoms with Gasteiger partial charge in [0.2, 0.25) is 0 Å². The number of hydrogen-bond acceptors (Lipinski definition) is 6. The molecule has 3 rings (SSSR count). The van der Waals surface area contributed by atoms with Gasteiger partial charge in [0.15, 0.2) is 11.5 Å². The van der Waals surface area contributed by atoms with E-state index in [1.807, 2.05) is 11.0 Å². The molecule has 0 amide bonds. The molecule has 0 aliphatic heterocycles. The molecular weight excluding hydrogens is 414 g/mol. The van der Waals surface area contributed by atoms with Crippen molar-refractivity contribution in [2.75, 3.05) is 11.5 Å². The zero-order valence-electron chi connectivity index (χ0n) is 16.1. The summed E-state index contributed by atoms with van der Waals surface area (Å²) in [6.07, 6.45) is 1.64. The Morgan fingerprint density at radius 3 is 2.67 bits per heavy atom. The third-order valence-corrected chi connectivity index (χ3v) is 4.89. The van der Waals surface area contributed by atoms with E-state index in [9.17, 15) is 13.6 Å². The van der Waals surface area contributed by atoms with Crippen molar-refractivity contribution >= 4 is 28.7 Å². The van der Waals surface area contributed by atoms with Gasteiger partial charge in [-0.05, 0) is 36.8 Å². The fourth-order valence-electron chi connectivity index (χ4n) is 2.94. The predicted molar refractivity (Wildman–Crippen MR) is 110 cm³/mol. The molecule has 0 aliphatic carbocycles. The van der Waals surface area contributed by atoms with Crippen molar-refractivity contribution in [3.8, 4) is 11.5 Å². The average molecular weight is 434 g/mol. The van der Waals surface area contributed by atoms with Crippen LogP contribution >= 0.6 is 11.3 Å². The van der Waals surface area contributed by atoms with Crippen LogP contribution in [0.2, 0.25) is 0 Å². The molecule has 158 valence electrons. The lowest BCUT2D eigenvalue weighted by Crippen LogP contribution is -2.16. The molecule has 1 N–H and O–H groups in total. The molecule has 1 aromatic heterocycles. The van der Waals surface area contributed by atoms with E-state index in [1.54, 1.807) is 49.0 Å². The molecule has 30 heavy (non-hydrogen) atoms. The minimum atomic E-state index is -2.96. The highest BCUT2D eigenvalue weighted by molar-refractivity contribution is 7.09. The Hall–Kier alpha value is -3.20. The van der Waals surface area contributed by atoms with Crippen LogP contribution in [0.15, 0.2) is 54.2 Å². The van der Waals surface area contributed by atoms with E-state index in [0.29, 0.717) is 17.8 Å². The number of rotatable bonds is 10. The van der Waals surface area contributed by atoms with Gasteiger partial charge in [-0.15, -0.1) is 11.3 Å². The zero-order chi connectivity index (χ0) is 21.5. The second-order valence-electron chi connectivity index (χ2n) is 6.24. The number of carbonyl (C=O) groups is 1. The number of aliphatic carboxylic acids is 1. The second kappa shape index (κ2) is 10.0. The molecule has 0 radical (unpaired) electrons. The number of hydrogen-bond donors (Lipinski definition) is 1. The normalized spacial score (nSPS) is 10.8. The summed E-state index contributed by atoms with van der Waals surface area (Å²) in [6, 6.07) is 11.9. The molecule has 3 aromatic rings. The molecule has 0 saturated heterocycles. The first-order valence-corrected chi connectivity index (χ1v) is 10.0. The third-order valence-electron chi connectivity index (χ3n) is 4.13. The quantitative estimate of drug-likeness (QED) is 0.478. The summed E-state index contributed by atoms with van der Waals surface area (Å²) < 4.78 is 35.5. The van der Waals surface area contributed by atoms with Gasteiger partial charge in [0, 0.05) is 28.5 Å². The van der Waals surface area contributed by atoms with Gasteiger partial charge in [0.05, 0.1) is 25.1 Å². The number of alkyl halides is 2. The van der Waals surface area contributed by atoms with Crippen molar-refractivity contribution in [2.24, 2.45) is 0 Å². The van der Waals surface area contributed by atoms with Crippen molar-refractivity contribution in [1.82, 2.24) is 4.98 Å². The maximum atomic E-state index is 12.7. The van der Waals surface area contributed by atoms with Gasteiger partial charge in [-0.25, -0.2) is 0 Å². The van der Waals surface area contributed by atoms with E-state index in [-0.39, 0.29) is 24.5 Å². The lowest BCUT2D eigenvalue weighted by molar-refractivity contribution is -0.136.